The number of fused-ring (bicyclic) bond motifs is 10. The molecule has 3 aliphatic rings. The van der Waals surface area contributed by atoms with Crippen LogP contribution in [0.2, 0.25) is 0 Å². The van der Waals surface area contributed by atoms with Gasteiger partial charge in [0.2, 0.25) is 0 Å². The first-order valence-electron chi connectivity index (χ1n) is 14.5. The second-order valence-corrected chi connectivity index (χ2v) is 16.0. The number of hydrogen-bond donors (Lipinski definition) is 1. The van der Waals surface area contributed by atoms with Crippen LogP contribution in [0.1, 0.15) is 35.6 Å². The van der Waals surface area contributed by atoms with Crippen LogP contribution in [0.3, 0.4) is 0 Å². The smallest absolute Gasteiger partial charge is 0.346 e. The predicted molar refractivity (Wildman–Crippen MR) is 181 cm³/mol. The van der Waals surface area contributed by atoms with Gasteiger partial charge < -0.3 is 10.0 Å². The highest BCUT2D eigenvalue weighted by molar-refractivity contribution is 7.40. The van der Waals surface area contributed by atoms with Crippen molar-refractivity contribution >= 4 is 87.6 Å². The Balaban J connectivity index is 1.02. The average molecular weight is 633 g/mol. The van der Waals surface area contributed by atoms with Gasteiger partial charge in [-0.1, -0.05) is 30.3 Å². The van der Waals surface area contributed by atoms with E-state index in [1.807, 2.05) is 34.8 Å². The lowest BCUT2D eigenvalue weighted by molar-refractivity contribution is -0.132. The predicted octanol–water partition coefficient (Wildman–Crippen LogP) is 10.6. The molecule has 2 fully saturated rings. The van der Waals surface area contributed by atoms with Crippen molar-refractivity contribution in [3.05, 3.63) is 88.8 Å². The number of aliphatic carboxylic acids is 1. The fourth-order valence-electron chi connectivity index (χ4n) is 7.76. The van der Waals surface area contributed by atoms with E-state index in [4.69, 9.17) is 5.26 Å². The number of carboxylic acids is 1. The SMILES string of the molecule is N#C/C(=C\c1ccc(-c2cc3sc4cc(-c5ccc(N6c7ccccc7C7C8CCC(C8)C76)cc5)sc4c3s2)s1)C(=O)O. The zero-order chi connectivity index (χ0) is 28.8. The molecular weight excluding hydrogens is 609 g/mol. The van der Waals surface area contributed by atoms with Gasteiger partial charge in [-0.15, -0.1) is 45.3 Å². The Kier molecular flexibility index (Phi) is 5.76. The van der Waals surface area contributed by atoms with E-state index in [2.05, 4.69) is 65.6 Å². The molecule has 8 heteroatoms. The molecule has 0 saturated heterocycles. The lowest BCUT2D eigenvalue weighted by Gasteiger charge is -2.33. The van der Waals surface area contributed by atoms with Crippen molar-refractivity contribution in [2.75, 3.05) is 4.90 Å². The van der Waals surface area contributed by atoms with E-state index in [0.29, 0.717) is 12.0 Å². The zero-order valence-corrected chi connectivity index (χ0v) is 26.1. The number of hydrogen-bond acceptors (Lipinski definition) is 7. The number of benzene rings is 2. The number of carboxylic acid groups (broad SMARTS) is 1. The van der Waals surface area contributed by atoms with Gasteiger partial charge in [0.05, 0.1) is 9.40 Å². The van der Waals surface area contributed by atoms with Gasteiger partial charge >= 0.3 is 5.97 Å². The third-order valence-electron chi connectivity index (χ3n) is 9.49. The van der Waals surface area contributed by atoms with Crippen LogP contribution in [0.25, 0.3) is 45.1 Å². The molecule has 4 atom stereocenters. The quantitative estimate of drug-likeness (QED) is 0.152. The Morgan fingerprint density at radius 2 is 1.60 bits per heavy atom. The summed E-state index contributed by atoms with van der Waals surface area (Å²) in [4.78, 5) is 18.2. The molecule has 4 unspecified atom stereocenters. The van der Waals surface area contributed by atoms with Crippen LogP contribution in [0.15, 0.2) is 78.4 Å². The first-order chi connectivity index (χ1) is 21.1. The number of nitrogens with zero attached hydrogens (tertiary/aromatic N) is 2. The van der Waals surface area contributed by atoms with Gasteiger partial charge in [0.1, 0.15) is 11.6 Å². The topological polar surface area (TPSA) is 64.3 Å². The van der Waals surface area contributed by atoms with Crippen LogP contribution < -0.4 is 4.90 Å². The van der Waals surface area contributed by atoms with Crippen LogP contribution in [0.5, 0.6) is 0 Å². The summed E-state index contributed by atoms with van der Waals surface area (Å²) in [5, 5.41) is 18.3. The summed E-state index contributed by atoms with van der Waals surface area (Å²) in [7, 11) is 0. The summed E-state index contributed by atoms with van der Waals surface area (Å²) in [6, 6.07) is 29.2. The van der Waals surface area contributed by atoms with E-state index in [9.17, 15) is 9.90 Å². The van der Waals surface area contributed by atoms with Gasteiger partial charge in [-0.2, -0.15) is 5.26 Å². The molecule has 4 nitrogen and oxygen atoms in total. The van der Waals surface area contributed by atoms with E-state index in [1.165, 1.54) is 82.2 Å². The highest BCUT2D eigenvalue weighted by Crippen LogP contribution is 2.62. The molecule has 2 bridgehead atoms. The van der Waals surface area contributed by atoms with E-state index >= 15 is 0 Å². The van der Waals surface area contributed by atoms with Crippen LogP contribution in [-0.2, 0) is 4.79 Å². The molecule has 9 rings (SSSR count). The van der Waals surface area contributed by atoms with E-state index in [0.717, 1.165) is 21.6 Å². The van der Waals surface area contributed by atoms with Crippen molar-refractivity contribution in [2.45, 2.75) is 31.2 Å². The number of para-hydroxylation sites is 1. The molecule has 5 heterocycles. The summed E-state index contributed by atoms with van der Waals surface area (Å²) in [5.41, 5.74) is 5.30. The Hall–Kier alpha value is -3.74. The van der Waals surface area contributed by atoms with Crippen molar-refractivity contribution in [2.24, 2.45) is 11.8 Å². The van der Waals surface area contributed by atoms with Crippen molar-refractivity contribution in [1.29, 1.82) is 5.26 Å². The molecule has 2 saturated carbocycles. The van der Waals surface area contributed by atoms with Crippen LogP contribution in [0.4, 0.5) is 11.4 Å². The molecule has 2 aromatic carbocycles. The van der Waals surface area contributed by atoms with Gasteiger partial charge in [-0.25, -0.2) is 4.79 Å². The maximum Gasteiger partial charge on any atom is 0.346 e. The van der Waals surface area contributed by atoms with Gasteiger partial charge in [-0.3, -0.25) is 0 Å². The number of thiophene rings is 4. The summed E-state index contributed by atoms with van der Waals surface area (Å²) in [6.45, 7) is 0. The molecule has 0 spiro atoms. The minimum atomic E-state index is -1.20. The largest absolute Gasteiger partial charge is 0.477 e. The molecule has 43 heavy (non-hydrogen) atoms. The Bertz CT molecular complexity index is 2150. The third kappa shape index (κ3) is 3.92. The van der Waals surface area contributed by atoms with Gasteiger partial charge in [0.25, 0.3) is 0 Å². The highest BCUT2D eigenvalue weighted by atomic mass is 32.1. The summed E-state index contributed by atoms with van der Waals surface area (Å²) < 4.78 is 5.26. The van der Waals surface area contributed by atoms with E-state index in [-0.39, 0.29) is 5.57 Å². The third-order valence-corrected chi connectivity index (χ3v) is 14.5. The monoisotopic (exact) mass is 632 g/mol. The van der Waals surface area contributed by atoms with Crippen LogP contribution in [-0.4, -0.2) is 17.1 Å². The standard InChI is InChI=1S/C35H24N2O2S4/c36-17-21(35(38)39)14-23-11-12-26(40-23)28-16-30-34(43-28)33-29(41-30)15-27(42-33)18-7-9-22(10-8-18)37-25-4-2-1-3-24(25)31-19-5-6-20(13-19)32(31)37/h1-4,7-12,14-16,19-20,31-32H,5-6,13H2,(H,38,39)/b21-14+. The molecular formula is C35H24N2O2S4. The van der Waals surface area contributed by atoms with Crippen molar-refractivity contribution in [3.8, 4) is 26.3 Å². The molecule has 1 N–H and O–H groups in total. The fourth-order valence-corrected chi connectivity index (χ4v) is 12.8. The van der Waals surface area contributed by atoms with Gasteiger partial charge in [-0.05, 0) is 90.8 Å². The van der Waals surface area contributed by atoms with E-state index < -0.39 is 5.97 Å². The Morgan fingerprint density at radius 3 is 2.40 bits per heavy atom. The van der Waals surface area contributed by atoms with Crippen molar-refractivity contribution < 1.29 is 9.90 Å². The molecule has 6 aromatic rings. The number of anilines is 2. The normalized spacial score (nSPS) is 22.4. The van der Waals surface area contributed by atoms with Crippen LogP contribution >= 0.6 is 45.3 Å². The maximum absolute atomic E-state index is 11.2. The molecule has 2 aliphatic carbocycles. The second-order valence-electron chi connectivity index (χ2n) is 11.7. The Labute approximate surface area is 264 Å². The molecule has 0 amide bonds. The second kappa shape index (κ2) is 9.63. The lowest BCUT2D eigenvalue weighted by Crippen LogP contribution is -2.35. The maximum atomic E-state index is 11.2. The number of carbonyl (C=O) groups is 1. The van der Waals surface area contributed by atoms with Gasteiger partial charge in [0, 0.05) is 52.2 Å². The van der Waals surface area contributed by atoms with Crippen molar-refractivity contribution in [3.63, 3.8) is 0 Å². The molecule has 0 radical (unpaired) electrons. The zero-order valence-electron chi connectivity index (χ0n) is 22.8. The van der Waals surface area contributed by atoms with Crippen LogP contribution in [0, 0.1) is 23.2 Å². The Morgan fingerprint density at radius 1 is 0.860 bits per heavy atom. The minimum Gasteiger partial charge on any atom is -0.477 e. The van der Waals surface area contributed by atoms with Crippen molar-refractivity contribution in [1.82, 2.24) is 0 Å². The first-order valence-corrected chi connectivity index (χ1v) is 17.7. The fraction of sp³-hybridized carbons (Fsp3) is 0.200. The first kappa shape index (κ1) is 25.7. The lowest BCUT2D eigenvalue weighted by atomic mass is 9.82. The highest BCUT2D eigenvalue weighted by Gasteiger charge is 2.55. The summed E-state index contributed by atoms with van der Waals surface area (Å²) in [6.07, 6.45) is 5.60. The summed E-state index contributed by atoms with van der Waals surface area (Å²) in [5.74, 6) is 1.14. The molecule has 1 aliphatic heterocycles. The minimum absolute atomic E-state index is 0.249. The van der Waals surface area contributed by atoms with Gasteiger partial charge in [0.15, 0.2) is 0 Å². The number of rotatable bonds is 5. The number of nitriles is 1. The molecule has 210 valence electrons. The van der Waals surface area contributed by atoms with E-state index in [1.54, 1.807) is 23.0 Å². The molecule has 4 aromatic heterocycles. The average Bonchev–Trinajstić information content (AvgIpc) is 3.86. The summed E-state index contributed by atoms with van der Waals surface area (Å²) >= 11 is 7.00.